The van der Waals surface area contributed by atoms with E-state index in [0.29, 0.717) is 46.0 Å². The summed E-state index contributed by atoms with van der Waals surface area (Å²) in [4.78, 5) is 31.8. The van der Waals surface area contributed by atoms with Crippen LogP contribution in [0.1, 0.15) is 27.3 Å². The van der Waals surface area contributed by atoms with E-state index in [0.717, 1.165) is 28.0 Å². The normalized spacial score (nSPS) is 10.9. The van der Waals surface area contributed by atoms with Gasteiger partial charge in [-0.25, -0.2) is 4.98 Å². The minimum atomic E-state index is -0.312. The molecule has 0 aliphatic heterocycles. The van der Waals surface area contributed by atoms with E-state index in [-0.39, 0.29) is 11.5 Å². The molecule has 1 aromatic heterocycles. The van der Waals surface area contributed by atoms with E-state index in [4.69, 9.17) is 21.3 Å². The van der Waals surface area contributed by atoms with Crippen molar-refractivity contribution in [1.29, 1.82) is 0 Å². The second-order valence-corrected chi connectivity index (χ2v) is 10.6. The summed E-state index contributed by atoms with van der Waals surface area (Å²) in [5.74, 6) is 1.16. The predicted molar refractivity (Wildman–Crippen MR) is 172 cm³/mol. The number of ether oxygens (including phenoxy) is 1. The smallest absolute Gasteiger partial charge is 0.261 e. The Kier molecular flexibility index (Phi) is 8.03. The second-order valence-electron chi connectivity index (χ2n) is 10.2. The third-order valence-electron chi connectivity index (χ3n) is 7.30. The summed E-state index contributed by atoms with van der Waals surface area (Å²) < 4.78 is 7.00. The number of fused-ring (bicyclic) bond motifs is 1. The number of benzene rings is 5. The van der Waals surface area contributed by atoms with Gasteiger partial charge in [0.25, 0.3) is 11.5 Å². The molecule has 0 saturated carbocycles. The van der Waals surface area contributed by atoms with Gasteiger partial charge in [0.05, 0.1) is 24.6 Å². The molecule has 0 atom stereocenters. The van der Waals surface area contributed by atoms with Gasteiger partial charge in [-0.3, -0.25) is 14.2 Å². The summed E-state index contributed by atoms with van der Waals surface area (Å²) >= 11 is 6.06. The van der Waals surface area contributed by atoms with Crippen LogP contribution in [-0.4, -0.2) is 22.6 Å². The molecule has 0 bridgehead atoms. The molecule has 6 rings (SSSR count). The Morgan fingerprint density at radius 3 is 2.23 bits per heavy atom. The molecule has 0 saturated heterocycles. The van der Waals surface area contributed by atoms with Gasteiger partial charge in [0.2, 0.25) is 0 Å². The van der Waals surface area contributed by atoms with Crippen molar-refractivity contribution in [3.8, 4) is 16.9 Å². The molecule has 0 aliphatic carbocycles. The van der Waals surface area contributed by atoms with E-state index in [1.807, 2.05) is 66.7 Å². The fourth-order valence-electron chi connectivity index (χ4n) is 5.02. The number of amides is 1. The van der Waals surface area contributed by atoms with E-state index >= 15 is 0 Å². The van der Waals surface area contributed by atoms with E-state index in [2.05, 4.69) is 17.4 Å². The summed E-state index contributed by atoms with van der Waals surface area (Å²) in [6.07, 6.45) is 0.503. The van der Waals surface area contributed by atoms with Crippen LogP contribution in [0.25, 0.3) is 22.0 Å². The first kappa shape index (κ1) is 27.9. The maximum atomic E-state index is 14.0. The van der Waals surface area contributed by atoms with Crippen molar-refractivity contribution in [2.45, 2.75) is 13.0 Å². The number of rotatable bonds is 8. The second kappa shape index (κ2) is 12.3. The van der Waals surface area contributed by atoms with Crippen molar-refractivity contribution in [2.75, 3.05) is 12.4 Å². The molecule has 0 unspecified atom stereocenters. The average molecular weight is 586 g/mol. The van der Waals surface area contributed by atoms with Crippen molar-refractivity contribution in [1.82, 2.24) is 9.55 Å². The Balaban J connectivity index is 1.35. The highest BCUT2D eigenvalue weighted by atomic mass is 35.5. The number of methoxy groups -OCH3 is 1. The number of nitrogens with zero attached hydrogens (tertiary/aromatic N) is 2. The molecule has 0 aliphatic rings. The number of nitrogens with one attached hydrogen (secondary N) is 1. The Labute approximate surface area is 254 Å². The van der Waals surface area contributed by atoms with Gasteiger partial charge in [0, 0.05) is 22.7 Å². The molecule has 6 aromatic rings. The van der Waals surface area contributed by atoms with Gasteiger partial charge in [0.1, 0.15) is 11.6 Å². The Bertz CT molecular complexity index is 1970. The van der Waals surface area contributed by atoms with Gasteiger partial charge in [0.15, 0.2) is 0 Å². The number of carbonyl (C=O) groups is 1. The molecule has 1 amide bonds. The first-order valence-electron chi connectivity index (χ1n) is 13.8. The largest absolute Gasteiger partial charge is 0.497 e. The standard InChI is InChI=1S/C36H28ClN3O3/c1-43-31-17-14-27(15-18-31)26-12-10-25(11-13-26)23-40-34(20-24-6-3-2-4-7-24)39-33-19-16-30(22-32(33)36(40)42)38-35(41)28-8-5-9-29(37)21-28/h2-19,21-22H,20,23H2,1H3,(H,38,41). The van der Waals surface area contributed by atoms with Gasteiger partial charge in [-0.05, 0) is 70.8 Å². The van der Waals surface area contributed by atoms with Gasteiger partial charge >= 0.3 is 0 Å². The van der Waals surface area contributed by atoms with Crippen LogP contribution >= 0.6 is 11.6 Å². The summed E-state index contributed by atoms with van der Waals surface area (Å²) in [5.41, 5.74) is 5.51. The number of halogens is 1. The van der Waals surface area contributed by atoms with Crippen molar-refractivity contribution in [2.24, 2.45) is 0 Å². The lowest BCUT2D eigenvalue weighted by atomic mass is 10.0. The highest BCUT2D eigenvalue weighted by molar-refractivity contribution is 6.31. The van der Waals surface area contributed by atoms with Crippen molar-refractivity contribution in [3.05, 3.63) is 159 Å². The number of hydrogen-bond donors (Lipinski definition) is 1. The van der Waals surface area contributed by atoms with Crippen LogP contribution in [0.3, 0.4) is 0 Å². The van der Waals surface area contributed by atoms with Crippen LogP contribution < -0.4 is 15.6 Å². The van der Waals surface area contributed by atoms with E-state index in [1.165, 1.54) is 0 Å². The average Bonchev–Trinajstić information content (AvgIpc) is 3.04. The zero-order valence-corrected chi connectivity index (χ0v) is 24.2. The molecule has 6 nitrogen and oxygen atoms in total. The molecule has 1 heterocycles. The van der Waals surface area contributed by atoms with Crippen molar-refractivity contribution >= 4 is 34.1 Å². The minimum absolute atomic E-state index is 0.172. The van der Waals surface area contributed by atoms with Crippen LogP contribution in [0.4, 0.5) is 5.69 Å². The van der Waals surface area contributed by atoms with Crippen molar-refractivity contribution < 1.29 is 9.53 Å². The number of anilines is 1. The Morgan fingerprint density at radius 2 is 1.53 bits per heavy atom. The Hall–Kier alpha value is -5.20. The summed E-state index contributed by atoms with van der Waals surface area (Å²) in [6, 6.07) is 38.0. The van der Waals surface area contributed by atoms with Crippen LogP contribution in [0.2, 0.25) is 5.02 Å². The minimum Gasteiger partial charge on any atom is -0.497 e. The van der Waals surface area contributed by atoms with Gasteiger partial charge in [-0.2, -0.15) is 0 Å². The summed E-state index contributed by atoms with van der Waals surface area (Å²) in [7, 11) is 1.65. The van der Waals surface area contributed by atoms with E-state index < -0.39 is 0 Å². The molecule has 212 valence electrons. The molecule has 43 heavy (non-hydrogen) atoms. The lowest BCUT2D eigenvalue weighted by molar-refractivity contribution is 0.102. The molecule has 0 fully saturated rings. The topological polar surface area (TPSA) is 73.2 Å². The lowest BCUT2D eigenvalue weighted by Gasteiger charge is -2.15. The lowest BCUT2D eigenvalue weighted by Crippen LogP contribution is -2.26. The molecule has 7 heteroatoms. The predicted octanol–water partition coefficient (Wildman–Crippen LogP) is 7.62. The molecular weight excluding hydrogens is 558 g/mol. The van der Waals surface area contributed by atoms with Crippen LogP contribution in [0.15, 0.2) is 126 Å². The van der Waals surface area contributed by atoms with E-state index in [9.17, 15) is 9.59 Å². The van der Waals surface area contributed by atoms with Gasteiger partial charge in [-0.15, -0.1) is 0 Å². The monoisotopic (exact) mass is 585 g/mol. The number of aromatic nitrogens is 2. The van der Waals surface area contributed by atoms with Gasteiger partial charge in [-0.1, -0.05) is 84.4 Å². The maximum absolute atomic E-state index is 14.0. The first-order valence-corrected chi connectivity index (χ1v) is 14.2. The Morgan fingerprint density at radius 1 is 0.814 bits per heavy atom. The van der Waals surface area contributed by atoms with Crippen LogP contribution in [0, 0.1) is 0 Å². The fourth-order valence-corrected chi connectivity index (χ4v) is 5.21. The van der Waals surface area contributed by atoms with Gasteiger partial charge < -0.3 is 10.1 Å². The third kappa shape index (κ3) is 6.35. The van der Waals surface area contributed by atoms with Crippen molar-refractivity contribution in [3.63, 3.8) is 0 Å². The quantitative estimate of drug-likeness (QED) is 0.199. The van der Waals surface area contributed by atoms with E-state index in [1.54, 1.807) is 54.1 Å². The molecule has 5 aromatic carbocycles. The summed E-state index contributed by atoms with van der Waals surface area (Å²) in [6.45, 7) is 0.353. The maximum Gasteiger partial charge on any atom is 0.261 e. The highest BCUT2D eigenvalue weighted by Crippen LogP contribution is 2.24. The molecule has 1 N–H and O–H groups in total. The zero-order valence-electron chi connectivity index (χ0n) is 23.5. The third-order valence-corrected chi connectivity index (χ3v) is 7.54. The highest BCUT2D eigenvalue weighted by Gasteiger charge is 2.15. The summed E-state index contributed by atoms with van der Waals surface area (Å²) in [5, 5.41) is 3.78. The molecular formula is C36H28ClN3O3. The number of hydrogen-bond acceptors (Lipinski definition) is 4. The van der Waals surface area contributed by atoms with Crippen LogP contribution in [0.5, 0.6) is 5.75 Å². The first-order chi connectivity index (χ1) is 21.0. The fraction of sp³-hybridized carbons (Fsp3) is 0.0833. The SMILES string of the molecule is COc1ccc(-c2ccc(Cn3c(Cc4ccccc4)nc4ccc(NC(=O)c5cccc(Cl)c5)cc4c3=O)cc2)cc1. The number of carbonyl (C=O) groups excluding carboxylic acids is 1. The molecule has 0 spiro atoms. The molecule has 0 radical (unpaired) electrons. The zero-order chi connectivity index (χ0) is 29.8. The van der Waals surface area contributed by atoms with Crippen LogP contribution in [-0.2, 0) is 13.0 Å².